The summed E-state index contributed by atoms with van der Waals surface area (Å²) in [6, 6.07) is 0. The molecule has 0 unspecified atom stereocenters. The van der Waals surface area contributed by atoms with E-state index in [1.165, 1.54) is 0 Å². The fourth-order valence-corrected chi connectivity index (χ4v) is 2.44. The third kappa shape index (κ3) is 3.89. The van der Waals surface area contributed by atoms with Crippen molar-refractivity contribution in [2.45, 2.75) is 32.2 Å². The standard InChI is InChI=1S/C12H21IO4/c1-8(5-13)11-12(17-7-14-3)10(15-4)9(2)6-16-11/h5,9-12H,6-7H2,1-4H3/b8-5+/t9-,10-,11+,12+/m0/s1. The molecule has 0 radical (unpaired) electrons. The van der Waals surface area contributed by atoms with Crippen molar-refractivity contribution in [3.8, 4) is 0 Å². The molecule has 0 aromatic carbocycles. The lowest BCUT2D eigenvalue weighted by molar-refractivity contribution is -0.205. The molecule has 1 fully saturated rings. The van der Waals surface area contributed by atoms with E-state index in [-0.39, 0.29) is 25.1 Å². The Morgan fingerprint density at radius 3 is 2.65 bits per heavy atom. The van der Waals surface area contributed by atoms with Gasteiger partial charge in [0, 0.05) is 20.1 Å². The van der Waals surface area contributed by atoms with E-state index in [2.05, 4.69) is 29.5 Å². The Morgan fingerprint density at radius 2 is 2.12 bits per heavy atom. The molecule has 0 amide bonds. The van der Waals surface area contributed by atoms with Crippen molar-refractivity contribution in [2.75, 3.05) is 27.6 Å². The summed E-state index contributed by atoms with van der Waals surface area (Å²) in [6.45, 7) is 5.10. The minimum absolute atomic E-state index is 0.0372. The quantitative estimate of drug-likeness (QED) is 0.560. The van der Waals surface area contributed by atoms with Gasteiger partial charge in [-0.15, -0.1) is 0 Å². The Balaban J connectivity index is 2.80. The zero-order valence-corrected chi connectivity index (χ0v) is 13.0. The highest BCUT2D eigenvalue weighted by atomic mass is 127. The van der Waals surface area contributed by atoms with Crippen molar-refractivity contribution in [2.24, 2.45) is 5.92 Å². The summed E-state index contributed by atoms with van der Waals surface area (Å²) >= 11 is 2.22. The molecule has 0 aromatic heterocycles. The lowest BCUT2D eigenvalue weighted by Gasteiger charge is -2.40. The molecule has 5 heteroatoms. The van der Waals surface area contributed by atoms with Crippen LogP contribution in [0.1, 0.15) is 13.8 Å². The van der Waals surface area contributed by atoms with Crippen LogP contribution in [0.2, 0.25) is 0 Å². The molecular weight excluding hydrogens is 335 g/mol. The molecule has 100 valence electrons. The van der Waals surface area contributed by atoms with E-state index in [4.69, 9.17) is 18.9 Å². The summed E-state index contributed by atoms with van der Waals surface area (Å²) in [5.74, 6) is 0.320. The molecule has 1 saturated heterocycles. The molecule has 0 aliphatic carbocycles. The van der Waals surface area contributed by atoms with Crippen LogP contribution in [0.15, 0.2) is 9.66 Å². The van der Waals surface area contributed by atoms with Gasteiger partial charge >= 0.3 is 0 Å². The molecule has 17 heavy (non-hydrogen) atoms. The first-order valence-corrected chi connectivity index (χ1v) is 6.92. The second-order valence-corrected chi connectivity index (χ2v) is 4.95. The minimum atomic E-state index is -0.116. The van der Waals surface area contributed by atoms with E-state index in [9.17, 15) is 0 Å². The highest BCUT2D eigenvalue weighted by Crippen LogP contribution is 2.29. The van der Waals surface area contributed by atoms with Crippen molar-refractivity contribution in [1.82, 2.24) is 0 Å². The molecule has 0 saturated carbocycles. The Bertz CT molecular complexity index is 257. The van der Waals surface area contributed by atoms with Gasteiger partial charge in [-0.25, -0.2) is 0 Å². The summed E-state index contributed by atoms with van der Waals surface area (Å²) < 4.78 is 24.1. The monoisotopic (exact) mass is 356 g/mol. The van der Waals surface area contributed by atoms with Crippen LogP contribution in [0.3, 0.4) is 0 Å². The predicted octanol–water partition coefficient (Wildman–Crippen LogP) is 2.36. The Morgan fingerprint density at radius 1 is 1.41 bits per heavy atom. The third-order valence-corrected chi connectivity index (χ3v) is 3.98. The molecule has 0 bridgehead atoms. The molecule has 0 N–H and O–H groups in total. The highest BCUT2D eigenvalue weighted by molar-refractivity contribution is 14.1. The van der Waals surface area contributed by atoms with E-state index >= 15 is 0 Å². The van der Waals surface area contributed by atoms with Gasteiger partial charge in [-0.2, -0.15) is 0 Å². The average Bonchev–Trinajstić information content (AvgIpc) is 2.35. The first-order valence-electron chi connectivity index (χ1n) is 5.67. The maximum Gasteiger partial charge on any atom is 0.146 e. The molecule has 1 aliphatic heterocycles. The van der Waals surface area contributed by atoms with Gasteiger partial charge in [0.05, 0.1) is 12.7 Å². The molecule has 1 heterocycles. The molecular formula is C12H21IO4. The van der Waals surface area contributed by atoms with Crippen LogP contribution < -0.4 is 0 Å². The maximum atomic E-state index is 5.85. The van der Waals surface area contributed by atoms with Gasteiger partial charge in [0.2, 0.25) is 0 Å². The highest BCUT2D eigenvalue weighted by Gasteiger charge is 2.40. The molecule has 1 rings (SSSR count). The summed E-state index contributed by atoms with van der Waals surface area (Å²) in [5.41, 5.74) is 1.15. The molecule has 4 atom stereocenters. The number of methoxy groups -OCH3 is 2. The summed E-state index contributed by atoms with van der Waals surface area (Å²) in [6.07, 6.45) is -0.131. The van der Waals surface area contributed by atoms with Crippen LogP contribution in [-0.2, 0) is 18.9 Å². The van der Waals surface area contributed by atoms with E-state index in [0.29, 0.717) is 12.5 Å². The van der Waals surface area contributed by atoms with Gasteiger partial charge in [-0.05, 0) is 16.6 Å². The van der Waals surface area contributed by atoms with E-state index in [0.717, 1.165) is 5.57 Å². The van der Waals surface area contributed by atoms with E-state index in [1.807, 2.05) is 11.0 Å². The van der Waals surface area contributed by atoms with Gasteiger partial charge in [0.25, 0.3) is 0 Å². The van der Waals surface area contributed by atoms with Crippen molar-refractivity contribution in [1.29, 1.82) is 0 Å². The Hall–Kier alpha value is 0.310. The lowest BCUT2D eigenvalue weighted by atomic mass is 9.91. The van der Waals surface area contributed by atoms with Gasteiger partial charge < -0.3 is 18.9 Å². The van der Waals surface area contributed by atoms with Crippen molar-refractivity contribution < 1.29 is 18.9 Å². The van der Waals surface area contributed by atoms with Crippen LogP contribution in [0.4, 0.5) is 0 Å². The number of halogens is 1. The molecule has 4 nitrogen and oxygen atoms in total. The van der Waals surface area contributed by atoms with E-state index in [1.54, 1.807) is 14.2 Å². The minimum Gasteiger partial charge on any atom is -0.378 e. The number of ether oxygens (including phenoxy) is 4. The number of hydrogen-bond acceptors (Lipinski definition) is 4. The maximum absolute atomic E-state index is 5.85. The van der Waals surface area contributed by atoms with Crippen LogP contribution in [0, 0.1) is 5.92 Å². The predicted molar refractivity (Wildman–Crippen MR) is 74.2 cm³/mol. The summed E-state index contributed by atoms with van der Waals surface area (Å²) in [4.78, 5) is 0. The van der Waals surface area contributed by atoms with Crippen LogP contribution in [0.25, 0.3) is 0 Å². The second kappa shape index (κ2) is 7.68. The topological polar surface area (TPSA) is 36.9 Å². The first kappa shape index (κ1) is 15.4. The zero-order chi connectivity index (χ0) is 12.8. The smallest absolute Gasteiger partial charge is 0.146 e. The van der Waals surface area contributed by atoms with Gasteiger partial charge in [-0.1, -0.05) is 29.5 Å². The molecule has 0 aromatic rings. The number of hydrogen-bond donors (Lipinski definition) is 0. The van der Waals surface area contributed by atoms with Crippen LogP contribution in [0.5, 0.6) is 0 Å². The third-order valence-electron chi connectivity index (χ3n) is 2.99. The lowest BCUT2D eigenvalue weighted by Crippen LogP contribution is -2.52. The fraction of sp³-hybridized carbons (Fsp3) is 0.833. The van der Waals surface area contributed by atoms with Gasteiger partial charge in [-0.3, -0.25) is 0 Å². The van der Waals surface area contributed by atoms with E-state index < -0.39 is 0 Å². The average molecular weight is 356 g/mol. The summed E-state index contributed by atoms with van der Waals surface area (Å²) in [5, 5.41) is 0. The van der Waals surface area contributed by atoms with Crippen molar-refractivity contribution >= 4 is 22.6 Å². The second-order valence-electron chi connectivity index (χ2n) is 4.32. The Kier molecular flexibility index (Phi) is 6.94. The molecule has 0 spiro atoms. The van der Waals surface area contributed by atoms with Crippen molar-refractivity contribution in [3.63, 3.8) is 0 Å². The van der Waals surface area contributed by atoms with Crippen molar-refractivity contribution in [3.05, 3.63) is 9.66 Å². The Labute approximate surface area is 117 Å². The normalized spacial score (nSPS) is 35.0. The SMILES string of the molecule is COCO[C@@H]1[C@@H](OC)[C@@H](C)CO[C@@H]1/C(C)=C/I. The molecule has 1 aliphatic rings. The summed E-state index contributed by atoms with van der Waals surface area (Å²) in [7, 11) is 3.33. The first-order chi connectivity index (χ1) is 8.15. The largest absolute Gasteiger partial charge is 0.378 e. The number of rotatable bonds is 5. The zero-order valence-electron chi connectivity index (χ0n) is 10.8. The van der Waals surface area contributed by atoms with Gasteiger partial charge in [0.15, 0.2) is 0 Å². The van der Waals surface area contributed by atoms with Crippen LogP contribution in [-0.4, -0.2) is 45.9 Å². The fourth-order valence-electron chi connectivity index (χ4n) is 2.09. The van der Waals surface area contributed by atoms with Gasteiger partial charge in [0.1, 0.15) is 19.0 Å². The van der Waals surface area contributed by atoms with Crippen LogP contribution >= 0.6 is 22.6 Å².